The molecule has 0 saturated heterocycles. The molecule has 1 aromatic rings. The van der Waals surface area contributed by atoms with Crippen LogP contribution in [0, 0.1) is 12.1 Å². The Kier molecular flexibility index (Phi) is 0.749. The minimum absolute atomic E-state index is 0.731. The van der Waals surface area contributed by atoms with Crippen molar-refractivity contribution in [2.75, 3.05) is 0 Å². The second-order valence-electron chi connectivity index (χ2n) is 1.45. The summed E-state index contributed by atoms with van der Waals surface area (Å²) in [6.07, 6.45) is 2.83. The zero-order valence-corrected chi connectivity index (χ0v) is 4.01. The number of aromatic amines is 1. The predicted molar refractivity (Wildman–Crippen MR) is 24.5 cm³/mol. The van der Waals surface area contributed by atoms with Gasteiger partial charge in [-0.3, -0.25) is 0 Å². The molecule has 1 aromatic heterocycles. The van der Waals surface area contributed by atoms with Gasteiger partial charge < -0.3 is 5.21 Å². The first kappa shape index (κ1) is 4.18. The molecule has 0 bridgehead atoms. The van der Waals surface area contributed by atoms with Crippen LogP contribution in [0.4, 0.5) is 0 Å². The Balaban J connectivity index is 3.04. The molecule has 0 fully saturated rings. The maximum Gasteiger partial charge on any atom is 0.244 e. The average Bonchev–Trinajstić information content (AvgIpc) is 1.87. The molecule has 0 aromatic carbocycles. The Labute approximate surface area is 41.2 Å². The number of aromatic nitrogens is 2. The molecule has 3 heteroatoms. The Morgan fingerprint density at radius 2 is 2.57 bits per heavy atom. The SMILES string of the molecule is Cc1c[n+]([O-])c[nH]1. The third-order valence-corrected chi connectivity index (χ3v) is 0.740. The zero-order valence-electron chi connectivity index (χ0n) is 4.01. The first-order valence-electron chi connectivity index (χ1n) is 2.03. The van der Waals surface area contributed by atoms with E-state index < -0.39 is 0 Å². The highest BCUT2D eigenvalue weighted by Crippen LogP contribution is 1.79. The molecule has 3 nitrogen and oxygen atoms in total. The molecule has 7 heavy (non-hydrogen) atoms. The number of imidazole rings is 1. The van der Waals surface area contributed by atoms with Crippen molar-refractivity contribution in [3.8, 4) is 0 Å². The average molecular weight is 98.1 g/mol. The normalized spacial score (nSPS) is 9.29. The number of hydrogen-bond donors (Lipinski definition) is 1. The van der Waals surface area contributed by atoms with Crippen LogP contribution in [0.2, 0.25) is 0 Å². The van der Waals surface area contributed by atoms with Crippen LogP contribution in [-0.4, -0.2) is 4.98 Å². The van der Waals surface area contributed by atoms with E-state index in [4.69, 9.17) is 0 Å². The summed E-state index contributed by atoms with van der Waals surface area (Å²) in [4.78, 5) is 2.72. The van der Waals surface area contributed by atoms with Crippen molar-refractivity contribution in [2.24, 2.45) is 0 Å². The molecule has 0 unspecified atom stereocenters. The van der Waals surface area contributed by atoms with Crippen molar-refractivity contribution >= 4 is 0 Å². The van der Waals surface area contributed by atoms with Gasteiger partial charge in [0.15, 0.2) is 0 Å². The molecule has 0 spiro atoms. The minimum atomic E-state index is 0.731. The highest BCUT2D eigenvalue weighted by atomic mass is 16.5. The summed E-state index contributed by atoms with van der Waals surface area (Å²) in [7, 11) is 0. The summed E-state index contributed by atoms with van der Waals surface area (Å²) in [5.41, 5.74) is 0.884. The highest BCUT2D eigenvalue weighted by Gasteiger charge is 1.87. The van der Waals surface area contributed by atoms with Gasteiger partial charge in [0.25, 0.3) is 0 Å². The lowest BCUT2D eigenvalue weighted by molar-refractivity contribution is -0.604. The molecule has 1 rings (SSSR count). The summed E-state index contributed by atoms with van der Waals surface area (Å²) < 4.78 is 0.731. The van der Waals surface area contributed by atoms with Crippen LogP contribution < -0.4 is 4.73 Å². The Bertz CT molecular complexity index is 142. The molecule has 1 heterocycles. The predicted octanol–water partition coefficient (Wildman–Crippen LogP) is -0.0435. The summed E-state index contributed by atoms with van der Waals surface area (Å²) in [5.74, 6) is 0. The third kappa shape index (κ3) is 0.707. The molecule has 1 N–H and O–H groups in total. The minimum Gasteiger partial charge on any atom is -0.711 e. The van der Waals surface area contributed by atoms with Crippen LogP contribution in [0.15, 0.2) is 12.5 Å². The molecule has 0 atom stereocenters. The number of H-pyrrole nitrogens is 1. The summed E-state index contributed by atoms with van der Waals surface area (Å²) >= 11 is 0. The lowest BCUT2D eigenvalue weighted by Gasteiger charge is -1.86. The number of hydrogen-bond acceptors (Lipinski definition) is 1. The van der Waals surface area contributed by atoms with Crippen LogP contribution >= 0.6 is 0 Å². The van der Waals surface area contributed by atoms with E-state index in [9.17, 15) is 5.21 Å². The molecule has 0 aliphatic carbocycles. The molecule has 0 aliphatic rings. The van der Waals surface area contributed by atoms with Gasteiger partial charge in [0.05, 0.1) is 0 Å². The van der Waals surface area contributed by atoms with Crippen molar-refractivity contribution < 1.29 is 4.73 Å². The molecule has 0 saturated carbocycles. The lowest BCUT2D eigenvalue weighted by Crippen LogP contribution is -2.20. The summed E-state index contributed by atoms with van der Waals surface area (Å²) in [6, 6.07) is 0. The molecule has 0 aliphatic heterocycles. The summed E-state index contributed by atoms with van der Waals surface area (Å²) in [5, 5.41) is 10.2. The van der Waals surface area contributed by atoms with Crippen molar-refractivity contribution in [3.05, 3.63) is 23.4 Å². The second-order valence-corrected chi connectivity index (χ2v) is 1.45. The maximum absolute atomic E-state index is 10.2. The highest BCUT2D eigenvalue weighted by molar-refractivity contribution is 4.82. The zero-order chi connectivity index (χ0) is 5.28. The number of aryl methyl sites for hydroxylation is 1. The van der Waals surface area contributed by atoms with Gasteiger partial charge in [0, 0.05) is 6.92 Å². The fourth-order valence-electron chi connectivity index (χ4n) is 0.431. The van der Waals surface area contributed by atoms with E-state index in [1.54, 1.807) is 0 Å². The Morgan fingerprint density at radius 3 is 2.71 bits per heavy atom. The fourth-order valence-corrected chi connectivity index (χ4v) is 0.431. The van der Waals surface area contributed by atoms with E-state index in [1.165, 1.54) is 12.5 Å². The van der Waals surface area contributed by atoms with Gasteiger partial charge in [-0.15, -0.1) is 0 Å². The van der Waals surface area contributed by atoms with Crippen molar-refractivity contribution in [1.29, 1.82) is 0 Å². The monoisotopic (exact) mass is 98.0 g/mol. The largest absolute Gasteiger partial charge is 0.711 e. The topological polar surface area (TPSA) is 42.7 Å². The number of nitrogens with one attached hydrogen (secondary N) is 1. The van der Waals surface area contributed by atoms with Gasteiger partial charge in [-0.25, -0.2) is 9.71 Å². The van der Waals surface area contributed by atoms with Crippen LogP contribution in [0.3, 0.4) is 0 Å². The van der Waals surface area contributed by atoms with Gasteiger partial charge in [-0.05, 0) is 0 Å². The molecular formula is C4H6N2O. The van der Waals surface area contributed by atoms with E-state index in [1.807, 2.05) is 6.92 Å². The fraction of sp³-hybridized carbons (Fsp3) is 0.250. The molecule has 0 amide bonds. The van der Waals surface area contributed by atoms with Crippen molar-refractivity contribution in [1.82, 2.24) is 4.98 Å². The summed E-state index contributed by atoms with van der Waals surface area (Å²) in [6.45, 7) is 1.83. The Morgan fingerprint density at radius 1 is 1.86 bits per heavy atom. The first-order valence-corrected chi connectivity index (χ1v) is 2.03. The standard InChI is InChI=1S/C4H6N2O/c1-4-2-6(7)3-5-4/h2-3,5H,1H3. The van der Waals surface area contributed by atoms with Crippen LogP contribution in [0.5, 0.6) is 0 Å². The maximum atomic E-state index is 10.2. The van der Waals surface area contributed by atoms with E-state index >= 15 is 0 Å². The molecule has 0 radical (unpaired) electrons. The van der Waals surface area contributed by atoms with Gasteiger partial charge in [-0.2, -0.15) is 0 Å². The second kappa shape index (κ2) is 1.26. The van der Waals surface area contributed by atoms with Crippen molar-refractivity contribution in [3.63, 3.8) is 0 Å². The van der Waals surface area contributed by atoms with Crippen molar-refractivity contribution in [2.45, 2.75) is 6.92 Å². The van der Waals surface area contributed by atoms with Crippen LogP contribution in [0.25, 0.3) is 0 Å². The third-order valence-electron chi connectivity index (χ3n) is 0.740. The molecule has 38 valence electrons. The van der Waals surface area contributed by atoms with Gasteiger partial charge in [-0.1, -0.05) is 0 Å². The number of nitrogens with zero attached hydrogens (tertiary/aromatic N) is 1. The van der Waals surface area contributed by atoms with Gasteiger partial charge in [0.1, 0.15) is 11.9 Å². The van der Waals surface area contributed by atoms with E-state index in [2.05, 4.69) is 4.98 Å². The van der Waals surface area contributed by atoms with Gasteiger partial charge in [0.2, 0.25) is 6.33 Å². The number of rotatable bonds is 0. The van der Waals surface area contributed by atoms with Gasteiger partial charge >= 0.3 is 0 Å². The first-order chi connectivity index (χ1) is 3.29. The van der Waals surface area contributed by atoms with Crippen LogP contribution in [-0.2, 0) is 0 Å². The quantitative estimate of drug-likeness (QED) is 0.359. The Hall–Kier alpha value is -0.990. The molecular weight excluding hydrogens is 92.1 g/mol. The van der Waals surface area contributed by atoms with E-state index in [-0.39, 0.29) is 0 Å². The van der Waals surface area contributed by atoms with Crippen LogP contribution in [0.1, 0.15) is 5.69 Å². The lowest BCUT2D eigenvalue weighted by atomic mass is 10.6. The van der Waals surface area contributed by atoms with E-state index in [0.29, 0.717) is 0 Å². The smallest absolute Gasteiger partial charge is 0.244 e. The van der Waals surface area contributed by atoms with E-state index in [0.717, 1.165) is 10.4 Å².